The first-order valence-corrected chi connectivity index (χ1v) is 11.4. The zero-order valence-electron chi connectivity index (χ0n) is 18.0. The maximum atomic E-state index is 10.2. The molecule has 0 aromatic carbocycles. The van der Waals surface area contributed by atoms with Crippen molar-refractivity contribution >= 4 is 0 Å². The third-order valence-corrected chi connectivity index (χ3v) is 10.6. The van der Waals surface area contributed by atoms with Gasteiger partial charge in [-0.15, -0.1) is 0 Å². The molecule has 4 aliphatic rings. The van der Waals surface area contributed by atoms with Crippen LogP contribution in [-0.4, -0.2) is 11.7 Å². The summed E-state index contributed by atoms with van der Waals surface area (Å²) in [4.78, 5) is 0. The Morgan fingerprint density at radius 2 is 1.38 bits per heavy atom. The van der Waals surface area contributed by atoms with Crippen molar-refractivity contribution in [3.63, 3.8) is 0 Å². The van der Waals surface area contributed by atoms with E-state index in [-0.39, 0.29) is 5.41 Å². The lowest BCUT2D eigenvalue weighted by atomic mass is 9.35. The molecule has 0 amide bonds. The second-order valence-corrected chi connectivity index (χ2v) is 12.0. The minimum Gasteiger partial charge on any atom is -0.396 e. The summed E-state index contributed by atoms with van der Waals surface area (Å²) in [6.07, 6.45) is 12.2. The van der Waals surface area contributed by atoms with Gasteiger partial charge in [0, 0.05) is 5.92 Å². The van der Waals surface area contributed by atoms with Gasteiger partial charge in [-0.1, -0.05) is 53.2 Å². The third kappa shape index (κ3) is 2.31. The van der Waals surface area contributed by atoms with Crippen LogP contribution in [0, 0.1) is 45.3 Å². The molecule has 4 fully saturated rings. The van der Waals surface area contributed by atoms with Gasteiger partial charge in [-0.2, -0.15) is 0 Å². The van der Waals surface area contributed by atoms with Crippen LogP contribution in [0.25, 0.3) is 0 Å². The van der Waals surface area contributed by atoms with Crippen LogP contribution < -0.4 is 0 Å². The predicted octanol–water partition coefficient (Wildman–Crippen LogP) is 6.61. The summed E-state index contributed by atoms with van der Waals surface area (Å²) in [6.45, 7) is 17.6. The van der Waals surface area contributed by atoms with Crippen molar-refractivity contribution in [2.24, 2.45) is 45.3 Å². The maximum absolute atomic E-state index is 10.2. The van der Waals surface area contributed by atoms with E-state index in [9.17, 15) is 5.11 Å². The van der Waals surface area contributed by atoms with Gasteiger partial charge in [0.1, 0.15) is 0 Å². The summed E-state index contributed by atoms with van der Waals surface area (Å²) in [5.74, 6) is 2.86. The topological polar surface area (TPSA) is 20.2 Å². The van der Waals surface area contributed by atoms with Crippen molar-refractivity contribution < 1.29 is 5.11 Å². The van der Waals surface area contributed by atoms with E-state index >= 15 is 0 Å². The zero-order valence-corrected chi connectivity index (χ0v) is 18.0. The molecule has 0 radical (unpaired) electrons. The Morgan fingerprint density at radius 3 is 2.08 bits per heavy atom. The van der Waals surface area contributed by atoms with Crippen LogP contribution in [0.4, 0.5) is 0 Å². The number of fused-ring (bicyclic) bond motifs is 5. The van der Waals surface area contributed by atoms with Crippen LogP contribution in [0.5, 0.6) is 0 Å². The van der Waals surface area contributed by atoms with Gasteiger partial charge in [0.2, 0.25) is 0 Å². The van der Waals surface area contributed by atoms with Crippen molar-refractivity contribution in [1.29, 1.82) is 0 Å². The van der Waals surface area contributed by atoms with E-state index in [1.54, 1.807) is 0 Å². The van der Waals surface area contributed by atoms with E-state index in [1.807, 2.05) is 0 Å². The number of rotatable bonds is 1. The molecule has 2 unspecified atom stereocenters. The highest BCUT2D eigenvalue weighted by Crippen LogP contribution is 2.73. The Morgan fingerprint density at radius 1 is 0.808 bits per heavy atom. The highest BCUT2D eigenvalue weighted by atomic mass is 16.3. The fraction of sp³-hybridized carbons (Fsp3) is 0.920. The smallest absolute Gasteiger partial charge is 0.0501 e. The normalized spacial score (nSPS) is 53.4. The van der Waals surface area contributed by atoms with Crippen LogP contribution in [-0.2, 0) is 0 Å². The molecule has 0 heterocycles. The summed E-state index contributed by atoms with van der Waals surface area (Å²) < 4.78 is 0. The van der Waals surface area contributed by atoms with Crippen LogP contribution in [0.15, 0.2) is 12.2 Å². The number of hydrogen-bond acceptors (Lipinski definition) is 1. The van der Waals surface area contributed by atoms with E-state index in [4.69, 9.17) is 0 Å². The Balaban J connectivity index is 1.73. The minimum atomic E-state index is 0.267. The molecule has 7 atom stereocenters. The molecule has 26 heavy (non-hydrogen) atoms. The van der Waals surface area contributed by atoms with Crippen LogP contribution in [0.1, 0.15) is 92.4 Å². The largest absolute Gasteiger partial charge is 0.396 e. The van der Waals surface area contributed by atoms with Gasteiger partial charge in [-0.25, -0.2) is 0 Å². The predicted molar refractivity (Wildman–Crippen MR) is 110 cm³/mol. The average Bonchev–Trinajstić information content (AvgIpc) is 2.53. The summed E-state index contributed by atoms with van der Waals surface area (Å²) in [5.41, 5.74) is 3.10. The lowest BCUT2D eigenvalue weighted by Crippen LogP contribution is -2.63. The van der Waals surface area contributed by atoms with Crippen molar-refractivity contribution in [3.8, 4) is 0 Å². The maximum Gasteiger partial charge on any atom is 0.0501 e. The molecule has 0 bridgehead atoms. The third-order valence-electron chi connectivity index (χ3n) is 10.6. The number of aliphatic hydroxyl groups is 1. The van der Waals surface area contributed by atoms with Gasteiger partial charge in [-0.3, -0.25) is 0 Å². The van der Waals surface area contributed by atoms with Crippen LogP contribution >= 0.6 is 0 Å². The first-order chi connectivity index (χ1) is 12.1. The van der Waals surface area contributed by atoms with Gasteiger partial charge in [0.25, 0.3) is 0 Å². The quantitative estimate of drug-likeness (QED) is 0.523. The highest BCUT2D eigenvalue weighted by molar-refractivity contribution is 5.20. The van der Waals surface area contributed by atoms with E-state index < -0.39 is 0 Å². The first kappa shape index (κ1) is 19.0. The second kappa shape index (κ2) is 5.85. The summed E-state index contributed by atoms with van der Waals surface area (Å²) >= 11 is 0. The Labute approximate surface area is 162 Å². The van der Waals surface area contributed by atoms with E-state index in [1.165, 1.54) is 56.9 Å². The van der Waals surface area contributed by atoms with E-state index in [0.717, 1.165) is 24.2 Å². The lowest BCUT2D eigenvalue weighted by Gasteiger charge is -2.70. The molecule has 1 heteroatoms. The number of aliphatic hydroxyl groups excluding tert-OH is 1. The fourth-order valence-electron chi connectivity index (χ4n) is 9.53. The number of hydrogen-bond donors (Lipinski definition) is 1. The average molecular weight is 359 g/mol. The Kier molecular flexibility index (Phi) is 4.28. The molecule has 0 spiro atoms. The molecule has 1 N–H and O–H groups in total. The van der Waals surface area contributed by atoms with Crippen molar-refractivity contribution in [2.45, 2.75) is 92.4 Å². The Hall–Kier alpha value is -0.300. The van der Waals surface area contributed by atoms with Gasteiger partial charge < -0.3 is 5.11 Å². The second-order valence-electron chi connectivity index (χ2n) is 12.0. The molecule has 1 nitrogen and oxygen atoms in total. The van der Waals surface area contributed by atoms with Crippen LogP contribution in [0.3, 0.4) is 0 Å². The summed E-state index contributed by atoms with van der Waals surface area (Å²) in [6, 6.07) is 0. The molecule has 0 aromatic rings. The highest BCUT2D eigenvalue weighted by Gasteiger charge is 2.65. The van der Waals surface area contributed by atoms with E-state index in [2.05, 4.69) is 41.2 Å². The summed E-state index contributed by atoms with van der Waals surface area (Å²) in [7, 11) is 0. The van der Waals surface area contributed by atoms with Gasteiger partial charge in [0.15, 0.2) is 0 Å². The molecule has 0 aromatic heterocycles. The molecule has 148 valence electrons. The fourth-order valence-corrected chi connectivity index (χ4v) is 9.53. The lowest BCUT2D eigenvalue weighted by molar-refractivity contribution is -0.205. The first-order valence-electron chi connectivity index (χ1n) is 11.4. The van der Waals surface area contributed by atoms with Crippen LogP contribution in [0.2, 0.25) is 0 Å². The molecule has 0 aliphatic heterocycles. The monoisotopic (exact) mass is 358 g/mol. The van der Waals surface area contributed by atoms with Crippen molar-refractivity contribution in [3.05, 3.63) is 12.2 Å². The summed E-state index contributed by atoms with van der Waals surface area (Å²) in [5, 5.41) is 10.2. The van der Waals surface area contributed by atoms with Gasteiger partial charge in [-0.05, 0) is 90.8 Å². The van der Waals surface area contributed by atoms with E-state index in [0.29, 0.717) is 28.8 Å². The Bertz CT molecular complexity index is 591. The molecule has 4 aliphatic carbocycles. The van der Waals surface area contributed by atoms with Gasteiger partial charge >= 0.3 is 0 Å². The molecule has 4 saturated carbocycles. The molecule has 0 saturated heterocycles. The van der Waals surface area contributed by atoms with Crippen molar-refractivity contribution in [2.75, 3.05) is 6.61 Å². The van der Waals surface area contributed by atoms with Crippen molar-refractivity contribution in [1.82, 2.24) is 0 Å². The molecule has 4 rings (SSSR count). The molecular formula is C25H42O. The minimum absolute atomic E-state index is 0.267. The van der Waals surface area contributed by atoms with Gasteiger partial charge in [0.05, 0.1) is 6.61 Å². The zero-order chi connectivity index (χ0) is 19.0. The molecular weight excluding hydrogens is 316 g/mol. The SMILES string of the molecule is C=C1CC[C@@H]2[C@](C)(CCC3[C@@]4(C)CCCC(C)(C)C4CC[C@]32C)[C@@H]1CO. The standard InChI is InChI=1S/C25H42O/c1-17-8-9-20-23(4,18(17)16-26)14-11-21-24(5)13-7-12-22(2,3)19(24)10-15-25(20,21)6/h18-21,26H,1,7-16H2,2-6H3/t18-,19?,20-,21?,23-,24+,25+/m1/s1.